The number of aromatic nitrogens is 2. The number of hydrogen-bond donors (Lipinski definition) is 0. The molecule has 0 saturated carbocycles. The smallest absolute Gasteiger partial charge is 0.260 e. The zero-order valence-corrected chi connectivity index (χ0v) is 14.6. The van der Waals surface area contributed by atoms with E-state index in [9.17, 15) is 4.79 Å². The number of benzene rings is 1. The maximum atomic E-state index is 12.4. The molecule has 1 amide bonds. The molecule has 0 spiro atoms. The lowest BCUT2D eigenvalue weighted by molar-refractivity contribution is -0.136. The van der Waals surface area contributed by atoms with E-state index >= 15 is 0 Å². The molecule has 134 valence electrons. The van der Waals surface area contributed by atoms with Crippen molar-refractivity contribution in [1.82, 2.24) is 14.9 Å². The van der Waals surface area contributed by atoms with Crippen LogP contribution in [0.1, 0.15) is 24.1 Å². The number of amides is 1. The highest BCUT2D eigenvalue weighted by Gasteiger charge is 2.26. The number of nitrogens with zero attached hydrogens (tertiary/aromatic N) is 4. The normalized spacial score (nSPS) is 16.6. The topological polar surface area (TPSA) is 88.3 Å². The van der Waals surface area contributed by atoms with E-state index in [-0.39, 0.29) is 30.2 Å². The van der Waals surface area contributed by atoms with Crippen molar-refractivity contribution in [3.8, 4) is 17.7 Å². The Labute approximate surface area is 152 Å². The predicted octanol–water partition coefficient (Wildman–Crippen LogP) is 2.11. The Morgan fingerprint density at radius 3 is 2.85 bits per heavy atom. The second-order valence-corrected chi connectivity index (χ2v) is 6.15. The van der Waals surface area contributed by atoms with Crippen molar-refractivity contribution >= 4 is 5.91 Å². The van der Waals surface area contributed by atoms with Crippen molar-refractivity contribution < 1.29 is 14.3 Å². The van der Waals surface area contributed by atoms with Crippen LogP contribution < -0.4 is 9.47 Å². The number of ether oxygens (including phenoxy) is 2. The van der Waals surface area contributed by atoms with Gasteiger partial charge in [0.2, 0.25) is 5.69 Å². The summed E-state index contributed by atoms with van der Waals surface area (Å²) in [6.45, 7) is 3.10. The van der Waals surface area contributed by atoms with E-state index < -0.39 is 0 Å². The van der Waals surface area contributed by atoms with Crippen molar-refractivity contribution in [2.45, 2.75) is 25.9 Å². The van der Waals surface area contributed by atoms with Crippen molar-refractivity contribution in [2.24, 2.45) is 0 Å². The summed E-state index contributed by atoms with van der Waals surface area (Å²) in [6, 6.07) is 9.55. The molecule has 0 aliphatic carbocycles. The fraction of sp³-hybridized carbons (Fsp3) is 0.368. The van der Waals surface area contributed by atoms with E-state index in [4.69, 9.17) is 14.7 Å². The molecule has 0 radical (unpaired) electrons. The van der Waals surface area contributed by atoms with E-state index in [2.05, 4.69) is 9.97 Å². The molecule has 1 aromatic carbocycles. The fourth-order valence-electron chi connectivity index (χ4n) is 2.78. The average molecular weight is 352 g/mol. The first kappa shape index (κ1) is 17.7. The minimum atomic E-state index is -0.212. The van der Waals surface area contributed by atoms with E-state index in [0.717, 1.165) is 18.4 Å². The molecular weight excluding hydrogens is 332 g/mol. The summed E-state index contributed by atoms with van der Waals surface area (Å²) in [6.07, 6.45) is 4.34. The van der Waals surface area contributed by atoms with Crippen molar-refractivity contribution in [1.29, 1.82) is 5.26 Å². The van der Waals surface area contributed by atoms with Gasteiger partial charge in [-0.3, -0.25) is 4.79 Å². The molecule has 0 N–H and O–H groups in total. The quantitative estimate of drug-likeness (QED) is 0.819. The highest BCUT2D eigenvalue weighted by atomic mass is 16.5. The van der Waals surface area contributed by atoms with Crippen molar-refractivity contribution in [2.75, 3.05) is 19.7 Å². The first-order valence-electron chi connectivity index (χ1n) is 8.50. The van der Waals surface area contributed by atoms with Crippen molar-refractivity contribution in [3.63, 3.8) is 0 Å². The lowest BCUT2D eigenvalue weighted by atomic mass is 10.1. The maximum absolute atomic E-state index is 12.4. The summed E-state index contributed by atoms with van der Waals surface area (Å²) in [5.41, 5.74) is 1.29. The summed E-state index contributed by atoms with van der Waals surface area (Å²) in [4.78, 5) is 22.1. The van der Waals surface area contributed by atoms with Gasteiger partial charge in [0, 0.05) is 18.9 Å². The number of carbonyl (C=O) groups is 1. The minimum absolute atomic E-state index is 0.00955. The molecule has 0 bridgehead atoms. The third-order valence-electron chi connectivity index (χ3n) is 4.16. The third kappa shape index (κ3) is 4.48. The second kappa shape index (κ2) is 8.30. The standard InChI is InChI=1S/C19H20N4O3/c1-14-4-6-15(7-5-14)25-13-18(24)23-10-2-3-16(12-23)26-19-17(11-20)21-8-9-22-19/h4-9,16H,2-3,10,12-13H2,1H3/t16-/m1/s1. The first-order chi connectivity index (χ1) is 12.7. The molecular formula is C19H20N4O3. The minimum Gasteiger partial charge on any atom is -0.484 e. The number of piperidine rings is 1. The molecule has 7 nitrogen and oxygen atoms in total. The summed E-state index contributed by atoms with van der Waals surface area (Å²) >= 11 is 0. The van der Waals surface area contributed by atoms with Gasteiger partial charge in [-0.05, 0) is 31.9 Å². The van der Waals surface area contributed by atoms with Gasteiger partial charge in [-0.1, -0.05) is 17.7 Å². The van der Waals surface area contributed by atoms with Gasteiger partial charge in [0.1, 0.15) is 17.9 Å². The molecule has 0 unspecified atom stereocenters. The van der Waals surface area contributed by atoms with Crippen LogP contribution in [0.3, 0.4) is 0 Å². The largest absolute Gasteiger partial charge is 0.484 e. The molecule has 26 heavy (non-hydrogen) atoms. The van der Waals surface area contributed by atoms with Gasteiger partial charge in [-0.15, -0.1) is 0 Å². The second-order valence-electron chi connectivity index (χ2n) is 6.15. The Morgan fingerprint density at radius 2 is 2.08 bits per heavy atom. The monoisotopic (exact) mass is 352 g/mol. The Bertz CT molecular complexity index is 801. The molecule has 1 aliphatic heterocycles. The first-order valence-corrected chi connectivity index (χ1v) is 8.50. The average Bonchev–Trinajstić information content (AvgIpc) is 2.68. The highest BCUT2D eigenvalue weighted by Crippen LogP contribution is 2.19. The summed E-state index contributed by atoms with van der Waals surface area (Å²) < 4.78 is 11.4. The van der Waals surface area contributed by atoms with Crippen LogP contribution in [-0.4, -0.2) is 46.6 Å². The Kier molecular flexibility index (Phi) is 5.64. The summed E-state index contributed by atoms with van der Waals surface area (Å²) in [5, 5.41) is 9.07. The molecule has 1 aliphatic rings. The molecule has 7 heteroatoms. The van der Waals surface area contributed by atoms with Crippen LogP contribution >= 0.6 is 0 Å². The van der Waals surface area contributed by atoms with Gasteiger partial charge in [0.05, 0.1) is 6.54 Å². The molecule has 1 saturated heterocycles. The number of nitriles is 1. The Hall–Kier alpha value is -3.14. The zero-order chi connectivity index (χ0) is 18.4. The van der Waals surface area contributed by atoms with Gasteiger partial charge in [0.15, 0.2) is 6.61 Å². The maximum Gasteiger partial charge on any atom is 0.260 e. The molecule has 2 heterocycles. The molecule has 3 rings (SSSR count). The van der Waals surface area contributed by atoms with Gasteiger partial charge >= 0.3 is 0 Å². The number of hydrogen-bond acceptors (Lipinski definition) is 6. The Morgan fingerprint density at radius 1 is 1.31 bits per heavy atom. The predicted molar refractivity (Wildman–Crippen MR) is 93.7 cm³/mol. The number of likely N-dealkylation sites (tertiary alicyclic amines) is 1. The fourth-order valence-corrected chi connectivity index (χ4v) is 2.78. The van der Waals surface area contributed by atoms with Crippen molar-refractivity contribution in [3.05, 3.63) is 47.9 Å². The zero-order valence-electron chi connectivity index (χ0n) is 14.6. The van der Waals surface area contributed by atoms with Crippen LogP contribution in [0.5, 0.6) is 11.6 Å². The van der Waals surface area contributed by atoms with Crippen LogP contribution in [0, 0.1) is 18.3 Å². The van der Waals surface area contributed by atoms with Gasteiger partial charge in [-0.2, -0.15) is 5.26 Å². The molecule has 1 atom stereocenters. The van der Waals surface area contributed by atoms with E-state index in [1.807, 2.05) is 37.3 Å². The van der Waals surface area contributed by atoms with Gasteiger partial charge in [-0.25, -0.2) is 9.97 Å². The SMILES string of the molecule is Cc1ccc(OCC(=O)N2CCC[C@@H](Oc3nccnc3C#N)C2)cc1. The van der Waals surface area contributed by atoms with Crippen LogP contribution in [0.4, 0.5) is 0 Å². The van der Waals surface area contributed by atoms with Crippen LogP contribution in [0.2, 0.25) is 0 Å². The number of aryl methyl sites for hydroxylation is 1. The van der Waals surface area contributed by atoms with Crippen LogP contribution in [0.15, 0.2) is 36.7 Å². The number of carbonyl (C=O) groups excluding carboxylic acids is 1. The van der Waals surface area contributed by atoms with Crippen LogP contribution in [-0.2, 0) is 4.79 Å². The number of rotatable bonds is 5. The lowest BCUT2D eigenvalue weighted by Crippen LogP contribution is -2.46. The van der Waals surface area contributed by atoms with Gasteiger partial charge < -0.3 is 14.4 Å². The van der Waals surface area contributed by atoms with Gasteiger partial charge in [0.25, 0.3) is 11.8 Å². The molecule has 1 aromatic heterocycles. The van der Waals surface area contributed by atoms with E-state index in [1.165, 1.54) is 12.4 Å². The Balaban J connectivity index is 1.55. The van der Waals surface area contributed by atoms with E-state index in [1.54, 1.807) is 4.90 Å². The lowest BCUT2D eigenvalue weighted by Gasteiger charge is -2.32. The molecule has 2 aromatic rings. The summed E-state index contributed by atoms with van der Waals surface area (Å²) in [7, 11) is 0. The van der Waals surface area contributed by atoms with Crippen LogP contribution in [0.25, 0.3) is 0 Å². The third-order valence-corrected chi connectivity index (χ3v) is 4.16. The molecule has 1 fully saturated rings. The summed E-state index contributed by atoms with van der Waals surface area (Å²) in [5.74, 6) is 0.802. The van der Waals surface area contributed by atoms with E-state index in [0.29, 0.717) is 18.8 Å². The highest BCUT2D eigenvalue weighted by molar-refractivity contribution is 5.77.